The van der Waals surface area contributed by atoms with E-state index in [0.29, 0.717) is 5.82 Å². The molecule has 0 aliphatic carbocycles. The van der Waals surface area contributed by atoms with Gasteiger partial charge in [0.05, 0.1) is 0 Å². The first-order chi connectivity index (χ1) is 9.54. The van der Waals surface area contributed by atoms with E-state index < -0.39 is 11.2 Å². The first kappa shape index (κ1) is 12.2. The molecule has 0 atom stereocenters. The summed E-state index contributed by atoms with van der Waals surface area (Å²) >= 11 is 0. The fraction of sp³-hybridized carbons (Fsp3) is 0.154. The molecule has 0 spiro atoms. The molecule has 0 amide bonds. The van der Waals surface area contributed by atoms with E-state index >= 15 is 0 Å². The first-order valence-corrected chi connectivity index (χ1v) is 6.04. The fourth-order valence-electron chi connectivity index (χ4n) is 1.99. The van der Waals surface area contributed by atoms with Crippen molar-refractivity contribution in [3.63, 3.8) is 0 Å². The van der Waals surface area contributed by atoms with Crippen LogP contribution in [0.2, 0.25) is 0 Å². The minimum atomic E-state index is -0.566. The topological polar surface area (TPSA) is 97.6 Å². The Hall–Kier alpha value is -2.83. The monoisotopic (exact) mass is 271 g/mol. The van der Waals surface area contributed by atoms with Crippen LogP contribution in [0.4, 0.5) is 5.69 Å². The number of fused-ring (bicyclic) bond motifs is 1. The zero-order valence-corrected chi connectivity index (χ0v) is 11.0. The summed E-state index contributed by atoms with van der Waals surface area (Å²) in [6, 6.07) is 7.71. The van der Waals surface area contributed by atoms with Crippen molar-refractivity contribution >= 4 is 16.9 Å². The van der Waals surface area contributed by atoms with Crippen molar-refractivity contribution in [3.8, 4) is 11.4 Å². The standard InChI is InChI=1S/C13H13N5O2/c1-18(2)8-5-3-7(4-6-8)10-14-9-11(15-10)16-13(20)17-12(9)19/h3-6H,1-2H3,(H3,14,15,16,17,19,20). The molecule has 0 aliphatic rings. The van der Waals surface area contributed by atoms with E-state index in [0.717, 1.165) is 11.3 Å². The molecule has 2 heterocycles. The Bertz CT molecular complexity index is 870. The van der Waals surface area contributed by atoms with E-state index in [1.807, 2.05) is 43.3 Å². The lowest BCUT2D eigenvalue weighted by atomic mass is 10.2. The Labute approximate surface area is 113 Å². The van der Waals surface area contributed by atoms with Crippen molar-refractivity contribution in [2.24, 2.45) is 0 Å². The second kappa shape index (κ2) is 4.37. The summed E-state index contributed by atoms with van der Waals surface area (Å²) in [4.78, 5) is 36.6. The number of aromatic amines is 3. The number of hydrogen-bond acceptors (Lipinski definition) is 4. The highest BCUT2D eigenvalue weighted by Gasteiger charge is 2.09. The third-order valence-corrected chi connectivity index (χ3v) is 3.05. The SMILES string of the molecule is CN(C)c1ccc(-c2nc3[nH]c(=O)[nH]c(=O)c3[nH]2)cc1. The number of nitrogens with zero attached hydrogens (tertiary/aromatic N) is 2. The molecule has 0 fully saturated rings. The molecular formula is C13H13N5O2. The van der Waals surface area contributed by atoms with E-state index in [9.17, 15) is 9.59 Å². The highest BCUT2D eigenvalue weighted by Crippen LogP contribution is 2.20. The summed E-state index contributed by atoms with van der Waals surface area (Å²) in [6.07, 6.45) is 0. The van der Waals surface area contributed by atoms with Crippen LogP contribution in [-0.4, -0.2) is 34.0 Å². The molecule has 0 aliphatic heterocycles. The van der Waals surface area contributed by atoms with Crippen molar-refractivity contribution in [1.29, 1.82) is 0 Å². The lowest BCUT2D eigenvalue weighted by Crippen LogP contribution is -2.21. The average Bonchev–Trinajstić information content (AvgIpc) is 2.83. The van der Waals surface area contributed by atoms with E-state index in [1.165, 1.54) is 0 Å². The summed E-state index contributed by atoms with van der Waals surface area (Å²) in [5, 5.41) is 0. The molecule has 0 bridgehead atoms. The van der Waals surface area contributed by atoms with E-state index in [-0.39, 0.29) is 11.2 Å². The van der Waals surface area contributed by atoms with Crippen LogP contribution in [0.5, 0.6) is 0 Å². The highest BCUT2D eigenvalue weighted by molar-refractivity contribution is 5.75. The van der Waals surface area contributed by atoms with Gasteiger partial charge in [-0.2, -0.15) is 0 Å². The van der Waals surface area contributed by atoms with E-state index in [1.54, 1.807) is 0 Å². The van der Waals surface area contributed by atoms with Crippen LogP contribution in [0, 0.1) is 0 Å². The van der Waals surface area contributed by atoms with Gasteiger partial charge in [0.15, 0.2) is 5.65 Å². The highest BCUT2D eigenvalue weighted by atomic mass is 16.2. The van der Waals surface area contributed by atoms with Gasteiger partial charge in [0.25, 0.3) is 5.56 Å². The second-order valence-corrected chi connectivity index (χ2v) is 4.66. The van der Waals surface area contributed by atoms with Crippen molar-refractivity contribution in [1.82, 2.24) is 19.9 Å². The lowest BCUT2D eigenvalue weighted by molar-refractivity contribution is 1.07. The predicted molar refractivity (Wildman–Crippen MR) is 77.1 cm³/mol. The van der Waals surface area contributed by atoms with Crippen molar-refractivity contribution in [3.05, 3.63) is 45.1 Å². The molecule has 0 saturated heterocycles. The summed E-state index contributed by atoms with van der Waals surface area (Å²) in [6.45, 7) is 0. The third kappa shape index (κ3) is 1.99. The Balaban J connectivity index is 2.12. The van der Waals surface area contributed by atoms with Crippen LogP contribution >= 0.6 is 0 Å². The van der Waals surface area contributed by atoms with Crippen LogP contribution in [-0.2, 0) is 0 Å². The van der Waals surface area contributed by atoms with Gasteiger partial charge in [0.2, 0.25) is 0 Å². The summed E-state index contributed by atoms with van der Waals surface area (Å²) in [5.74, 6) is 0.539. The molecule has 20 heavy (non-hydrogen) atoms. The maximum atomic E-state index is 11.6. The van der Waals surface area contributed by atoms with Crippen molar-refractivity contribution in [2.45, 2.75) is 0 Å². The van der Waals surface area contributed by atoms with Gasteiger partial charge in [-0.05, 0) is 24.3 Å². The van der Waals surface area contributed by atoms with Crippen LogP contribution in [0.3, 0.4) is 0 Å². The second-order valence-electron chi connectivity index (χ2n) is 4.66. The largest absolute Gasteiger partial charge is 0.378 e. The Morgan fingerprint density at radius 3 is 2.35 bits per heavy atom. The Kier molecular flexibility index (Phi) is 2.67. The number of H-pyrrole nitrogens is 3. The minimum Gasteiger partial charge on any atom is -0.378 e. The molecule has 3 aromatic rings. The molecule has 0 saturated carbocycles. The zero-order valence-electron chi connectivity index (χ0n) is 11.0. The Morgan fingerprint density at radius 1 is 1.00 bits per heavy atom. The number of nitrogens with one attached hydrogen (secondary N) is 3. The number of aromatic nitrogens is 4. The van der Waals surface area contributed by atoms with Crippen LogP contribution in [0.15, 0.2) is 33.9 Å². The first-order valence-electron chi connectivity index (χ1n) is 6.04. The van der Waals surface area contributed by atoms with E-state index in [2.05, 4.69) is 19.9 Å². The molecular weight excluding hydrogens is 258 g/mol. The molecule has 2 aromatic heterocycles. The third-order valence-electron chi connectivity index (χ3n) is 3.05. The van der Waals surface area contributed by atoms with Gasteiger partial charge in [-0.15, -0.1) is 0 Å². The summed E-state index contributed by atoms with van der Waals surface area (Å²) < 4.78 is 0. The number of hydrogen-bond donors (Lipinski definition) is 3. The summed E-state index contributed by atoms with van der Waals surface area (Å²) in [5.41, 5.74) is 1.38. The Morgan fingerprint density at radius 2 is 1.70 bits per heavy atom. The fourth-order valence-corrected chi connectivity index (χ4v) is 1.99. The number of anilines is 1. The molecule has 1 aromatic carbocycles. The quantitative estimate of drug-likeness (QED) is 0.638. The predicted octanol–water partition coefficient (Wildman–Crippen LogP) is 0.672. The molecule has 7 heteroatoms. The lowest BCUT2D eigenvalue weighted by Gasteiger charge is -2.11. The van der Waals surface area contributed by atoms with Gasteiger partial charge >= 0.3 is 5.69 Å². The maximum Gasteiger partial charge on any atom is 0.327 e. The van der Waals surface area contributed by atoms with Gasteiger partial charge < -0.3 is 9.88 Å². The molecule has 3 N–H and O–H groups in total. The van der Waals surface area contributed by atoms with Gasteiger partial charge in [-0.1, -0.05) is 0 Å². The van der Waals surface area contributed by atoms with Crippen molar-refractivity contribution in [2.75, 3.05) is 19.0 Å². The molecule has 0 unspecified atom stereocenters. The minimum absolute atomic E-state index is 0.255. The van der Waals surface area contributed by atoms with Gasteiger partial charge in [-0.3, -0.25) is 14.8 Å². The molecule has 102 valence electrons. The van der Waals surface area contributed by atoms with Crippen LogP contribution in [0.25, 0.3) is 22.6 Å². The van der Waals surface area contributed by atoms with Gasteiger partial charge in [-0.25, -0.2) is 9.78 Å². The average molecular weight is 271 g/mol. The summed E-state index contributed by atoms with van der Waals surface area (Å²) in [7, 11) is 3.92. The van der Waals surface area contributed by atoms with Crippen LogP contribution in [0.1, 0.15) is 0 Å². The van der Waals surface area contributed by atoms with Gasteiger partial charge in [0, 0.05) is 25.3 Å². The smallest absolute Gasteiger partial charge is 0.327 e. The van der Waals surface area contributed by atoms with E-state index in [4.69, 9.17) is 0 Å². The molecule has 3 rings (SSSR count). The number of benzene rings is 1. The van der Waals surface area contributed by atoms with Crippen molar-refractivity contribution < 1.29 is 0 Å². The van der Waals surface area contributed by atoms with Gasteiger partial charge in [0.1, 0.15) is 11.3 Å². The normalized spacial score (nSPS) is 10.9. The van der Waals surface area contributed by atoms with Crippen LogP contribution < -0.4 is 16.1 Å². The number of imidazole rings is 1. The molecule has 0 radical (unpaired) electrons. The maximum absolute atomic E-state index is 11.6. The number of rotatable bonds is 2. The zero-order chi connectivity index (χ0) is 14.3. The molecule has 7 nitrogen and oxygen atoms in total.